The van der Waals surface area contributed by atoms with Crippen LogP contribution in [0.4, 0.5) is 23.7 Å². The molecule has 1 heterocycles. The lowest BCUT2D eigenvalue weighted by Gasteiger charge is -2.26. The van der Waals surface area contributed by atoms with E-state index >= 15 is 0 Å². The molecule has 2 aliphatic rings. The Labute approximate surface area is 171 Å². The number of hydrogen-bond acceptors (Lipinski definition) is 2. The van der Waals surface area contributed by atoms with E-state index in [1.807, 2.05) is 30.3 Å². The molecule has 29 heavy (non-hydrogen) atoms. The number of amides is 2. The Bertz CT molecular complexity index is 906. The summed E-state index contributed by atoms with van der Waals surface area (Å²) in [6.45, 7) is 0.927. The Morgan fingerprint density at radius 3 is 2.31 bits per heavy atom. The van der Waals surface area contributed by atoms with Crippen molar-refractivity contribution in [2.75, 3.05) is 18.4 Å². The molecule has 2 aromatic carbocycles. The number of fused-ring (bicyclic) bond motifs is 1. The SMILES string of the molecule is O=C(Nc1ccc(Cl)c(C(F)(F)F)c1)N1C[C@@H]2C[C@@](O)(c3ccccc3)C[C@@H]2C1. The smallest absolute Gasteiger partial charge is 0.385 e. The van der Waals surface area contributed by atoms with E-state index in [-0.39, 0.29) is 17.5 Å². The number of nitrogens with zero attached hydrogens (tertiary/aromatic N) is 1. The van der Waals surface area contributed by atoms with E-state index in [9.17, 15) is 23.1 Å². The number of halogens is 4. The Kier molecular flexibility index (Phi) is 4.99. The number of carbonyl (C=O) groups excluding carboxylic acids is 1. The molecule has 2 fully saturated rings. The summed E-state index contributed by atoms with van der Waals surface area (Å²) in [5.41, 5.74) is -0.948. The van der Waals surface area contributed by atoms with Gasteiger partial charge in [-0.25, -0.2) is 4.79 Å². The minimum Gasteiger partial charge on any atom is -0.385 e. The molecular weight excluding hydrogens is 405 g/mol. The maximum atomic E-state index is 13.0. The predicted octanol–water partition coefficient (Wildman–Crippen LogP) is 5.12. The molecule has 1 aliphatic carbocycles. The highest BCUT2D eigenvalue weighted by molar-refractivity contribution is 6.31. The quantitative estimate of drug-likeness (QED) is 0.703. The van der Waals surface area contributed by atoms with Crippen LogP contribution in [0.2, 0.25) is 5.02 Å². The van der Waals surface area contributed by atoms with Crippen molar-refractivity contribution in [1.82, 2.24) is 4.90 Å². The van der Waals surface area contributed by atoms with Gasteiger partial charge in [-0.2, -0.15) is 13.2 Å². The fraction of sp³-hybridized carbons (Fsp3) is 0.381. The molecule has 8 heteroatoms. The van der Waals surface area contributed by atoms with Crippen molar-refractivity contribution in [3.63, 3.8) is 0 Å². The van der Waals surface area contributed by atoms with Crippen LogP contribution in [0.25, 0.3) is 0 Å². The molecule has 0 radical (unpaired) electrons. The first-order valence-electron chi connectivity index (χ1n) is 9.36. The number of urea groups is 1. The highest BCUT2D eigenvalue weighted by atomic mass is 35.5. The van der Waals surface area contributed by atoms with Crippen LogP contribution < -0.4 is 5.32 Å². The van der Waals surface area contributed by atoms with Gasteiger partial charge in [-0.05, 0) is 48.4 Å². The zero-order valence-corrected chi connectivity index (χ0v) is 16.2. The maximum absolute atomic E-state index is 13.0. The first-order valence-corrected chi connectivity index (χ1v) is 9.74. The van der Waals surface area contributed by atoms with Gasteiger partial charge in [0.05, 0.1) is 16.2 Å². The van der Waals surface area contributed by atoms with Crippen molar-refractivity contribution >= 4 is 23.3 Å². The van der Waals surface area contributed by atoms with E-state index in [4.69, 9.17) is 11.6 Å². The number of aliphatic hydroxyl groups is 1. The number of likely N-dealkylation sites (tertiary alicyclic amines) is 1. The second kappa shape index (κ2) is 7.22. The Morgan fingerprint density at radius 2 is 1.72 bits per heavy atom. The first-order chi connectivity index (χ1) is 13.7. The number of hydrogen-bond donors (Lipinski definition) is 2. The molecule has 0 bridgehead atoms. The lowest BCUT2D eigenvalue weighted by Crippen LogP contribution is -2.35. The standard InChI is InChI=1S/C21H20ClF3N2O2/c22-18-7-6-16(8-17(18)21(23,24)25)26-19(28)27-11-13-9-20(29,10-14(13)12-27)15-4-2-1-3-5-15/h1-8,13-14,29H,9-12H2,(H,26,28)/t13-,14+,20-. The topological polar surface area (TPSA) is 52.6 Å². The summed E-state index contributed by atoms with van der Waals surface area (Å²) in [5.74, 6) is 0.309. The molecule has 3 atom stereocenters. The molecule has 4 nitrogen and oxygen atoms in total. The van der Waals surface area contributed by atoms with Crippen molar-refractivity contribution < 1.29 is 23.1 Å². The van der Waals surface area contributed by atoms with Gasteiger partial charge in [-0.15, -0.1) is 0 Å². The molecular formula is C21H20ClF3N2O2. The van der Waals surface area contributed by atoms with Gasteiger partial charge in [0.2, 0.25) is 0 Å². The van der Waals surface area contributed by atoms with Crippen molar-refractivity contribution in [1.29, 1.82) is 0 Å². The van der Waals surface area contributed by atoms with Crippen molar-refractivity contribution in [2.45, 2.75) is 24.6 Å². The van der Waals surface area contributed by atoms with Crippen molar-refractivity contribution in [2.24, 2.45) is 11.8 Å². The van der Waals surface area contributed by atoms with Gasteiger partial charge < -0.3 is 15.3 Å². The number of benzene rings is 2. The zero-order valence-electron chi connectivity index (χ0n) is 15.4. The van der Waals surface area contributed by atoms with Crippen LogP contribution in [0, 0.1) is 11.8 Å². The van der Waals surface area contributed by atoms with Crippen LogP contribution in [-0.4, -0.2) is 29.1 Å². The van der Waals surface area contributed by atoms with Crippen LogP contribution in [0.15, 0.2) is 48.5 Å². The maximum Gasteiger partial charge on any atom is 0.417 e. The third-order valence-corrected chi connectivity index (χ3v) is 6.23. The summed E-state index contributed by atoms with van der Waals surface area (Å²) < 4.78 is 39.0. The lowest BCUT2D eigenvalue weighted by atomic mass is 9.90. The fourth-order valence-electron chi connectivity index (χ4n) is 4.52. The predicted molar refractivity (Wildman–Crippen MR) is 104 cm³/mol. The van der Waals surface area contributed by atoms with Crippen LogP contribution in [-0.2, 0) is 11.8 Å². The minimum atomic E-state index is -4.59. The second-order valence-corrected chi connectivity index (χ2v) is 8.26. The third-order valence-electron chi connectivity index (χ3n) is 5.90. The molecule has 2 N–H and O–H groups in total. The van der Waals surface area contributed by atoms with Crippen molar-refractivity contribution in [3.8, 4) is 0 Å². The monoisotopic (exact) mass is 424 g/mol. The molecule has 154 valence electrons. The Hall–Kier alpha value is -2.25. The summed E-state index contributed by atoms with van der Waals surface area (Å²) in [5, 5.41) is 13.1. The third kappa shape index (κ3) is 3.94. The zero-order chi connectivity index (χ0) is 20.8. The minimum absolute atomic E-state index is 0.0459. The molecule has 2 amide bonds. The fourth-order valence-corrected chi connectivity index (χ4v) is 4.75. The van der Waals surface area contributed by atoms with E-state index < -0.39 is 28.4 Å². The van der Waals surface area contributed by atoms with Crippen molar-refractivity contribution in [3.05, 3.63) is 64.7 Å². The number of carbonyl (C=O) groups is 1. The van der Waals surface area contributed by atoms with Gasteiger partial charge in [0.25, 0.3) is 0 Å². The normalized spacial score (nSPS) is 26.4. The average molecular weight is 425 g/mol. The van der Waals surface area contributed by atoms with E-state index in [0.29, 0.717) is 25.9 Å². The van der Waals surface area contributed by atoms with Gasteiger partial charge in [-0.1, -0.05) is 41.9 Å². The second-order valence-electron chi connectivity index (χ2n) is 7.85. The molecule has 0 spiro atoms. The molecule has 1 aliphatic heterocycles. The molecule has 2 aromatic rings. The van der Waals surface area contributed by atoms with Crippen LogP contribution in [0.5, 0.6) is 0 Å². The molecule has 1 saturated carbocycles. The Morgan fingerprint density at radius 1 is 1.10 bits per heavy atom. The molecule has 1 saturated heterocycles. The summed E-state index contributed by atoms with van der Waals surface area (Å²) in [6, 6.07) is 12.4. The summed E-state index contributed by atoms with van der Waals surface area (Å²) in [4.78, 5) is 14.2. The van der Waals surface area contributed by atoms with Gasteiger partial charge in [0, 0.05) is 18.8 Å². The first kappa shape index (κ1) is 20.0. The van der Waals surface area contributed by atoms with E-state index in [2.05, 4.69) is 5.32 Å². The largest absolute Gasteiger partial charge is 0.417 e. The van der Waals surface area contributed by atoms with Gasteiger partial charge >= 0.3 is 12.2 Å². The van der Waals surface area contributed by atoms with E-state index in [1.54, 1.807) is 4.90 Å². The molecule has 0 aromatic heterocycles. The summed E-state index contributed by atoms with van der Waals surface area (Å²) in [6.07, 6.45) is -3.47. The van der Waals surface area contributed by atoms with Gasteiger partial charge in [0.15, 0.2) is 0 Å². The summed E-state index contributed by atoms with van der Waals surface area (Å²) in [7, 11) is 0. The average Bonchev–Trinajstić information content (AvgIpc) is 3.19. The highest BCUT2D eigenvalue weighted by Gasteiger charge is 2.49. The number of anilines is 1. The lowest BCUT2D eigenvalue weighted by molar-refractivity contribution is -0.137. The number of nitrogens with one attached hydrogen (secondary N) is 1. The van der Waals surface area contributed by atoms with Gasteiger partial charge in [-0.3, -0.25) is 0 Å². The number of rotatable bonds is 2. The molecule has 0 unspecified atom stereocenters. The Balaban J connectivity index is 1.41. The molecule has 4 rings (SSSR count). The van der Waals surface area contributed by atoms with Gasteiger partial charge in [0.1, 0.15) is 0 Å². The van der Waals surface area contributed by atoms with E-state index in [1.165, 1.54) is 6.07 Å². The van der Waals surface area contributed by atoms with E-state index in [0.717, 1.165) is 17.7 Å². The van der Waals surface area contributed by atoms with Crippen LogP contribution in [0.1, 0.15) is 24.0 Å². The summed E-state index contributed by atoms with van der Waals surface area (Å²) >= 11 is 5.62. The van der Waals surface area contributed by atoms with Crippen LogP contribution in [0.3, 0.4) is 0 Å². The van der Waals surface area contributed by atoms with Crippen LogP contribution >= 0.6 is 11.6 Å². The highest BCUT2D eigenvalue weighted by Crippen LogP contribution is 2.49. The number of alkyl halides is 3.